The van der Waals surface area contributed by atoms with Gasteiger partial charge in [-0.2, -0.15) is 5.10 Å². The maximum Gasteiger partial charge on any atom is 0.270 e. The largest absolute Gasteiger partial charge is 0.463 e. The van der Waals surface area contributed by atoms with Gasteiger partial charge in [0, 0.05) is 12.1 Å². The van der Waals surface area contributed by atoms with Gasteiger partial charge in [-0.25, -0.2) is 4.68 Å². The van der Waals surface area contributed by atoms with Gasteiger partial charge in [0.25, 0.3) is 5.91 Å². The van der Waals surface area contributed by atoms with Crippen LogP contribution in [0.15, 0.2) is 47.1 Å². The quantitative estimate of drug-likeness (QED) is 0.756. The van der Waals surface area contributed by atoms with Crippen LogP contribution >= 0.6 is 0 Å². The molecule has 0 unspecified atom stereocenters. The van der Waals surface area contributed by atoms with Crippen LogP contribution < -0.4 is 5.32 Å². The van der Waals surface area contributed by atoms with Crippen LogP contribution in [-0.2, 0) is 0 Å². The smallest absolute Gasteiger partial charge is 0.270 e. The van der Waals surface area contributed by atoms with Crippen LogP contribution in [0.5, 0.6) is 0 Å². The number of hydrogen-bond donors (Lipinski definition) is 1. The third kappa shape index (κ3) is 3.50. The molecular formula is C20H23N3O2. The molecule has 130 valence electrons. The Hall–Kier alpha value is -2.82. The number of nitrogens with one attached hydrogen (secondary N) is 1. The van der Waals surface area contributed by atoms with E-state index < -0.39 is 0 Å². The van der Waals surface area contributed by atoms with Crippen molar-refractivity contribution in [1.29, 1.82) is 0 Å². The summed E-state index contributed by atoms with van der Waals surface area (Å²) in [5, 5.41) is 7.66. The molecule has 0 spiro atoms. The van der Waals surface area contributed by atoms with Gasteiger partial charge in [0.1, 0.15) is 11.4 Å². The van der Waals surface area contributed by atoms with Crippen molar-refractivity contribution >= 4 is 5.91 Å². The molecule has 0 aliphatic carbocycles. The summed E-state index contributed by atoms with van der Waals surface area (Å²) >= 11 is 0. The molecule has 0 bridgehead atoms. The van der Waals surface area contributed by atoms with Crippen molar-refractivity contribution < 1.29 is 9.21 Å². The highest BCUT2D eigenvalue weighted by molar-refractivity contribution is 5.94. The lowest BCUT2D eigenvalue weighted by Crippen LogP contribution is -2.33. The number of benzene rings is 1. The zero-order chi connectivity index (χ0) is 18.0. The molecular weight excluding hydrogens is 314 g/mol. The lowest BCUT2D eigenvalue weighted by Gasteiger charge is -2.14. The summed E-state index contributed by atoms with van der Waals surface area (Å²) in [6.45, 7) is 8.07. The Kier molecular flexibility index (Phi) is 4.74. The van der Waals surface area contributed by atoms with E-state index in [-0.39, 0.29) is 11.9 Å². The fourth-order valence-corrected chi connectivity index (χ4v) is 2.62. The number of nitrogens with zero attached hydrogens (tertiary/aromatic N) is 2. The van der Waals surface area contributed by atoms with Gasteiger partial charge in [-0.15, -0.1) is 0 Å². The number of aromatic nitrogens is 2. The number of carbonyl (C=O) groups excluding carboxylic acids is 1. The van der Waals surface area contributed by atoms with Crippen LogP contribution in [0.3, 0.4) is 0 Å². The van der Waals surface area contributed by atoms with Crippen LogP contribution in [0.2, 0.25) is 0 Å². The molecule has 0 aliphatic rings. The van der Waals surface area contributed by atoms with Gasteiger partial charge in [0.05, 0.1) is 12.0 Å². The predicted molar refractivity (Wildman–Crippen MR) is 98.0 cm³/mol. The minimum atomic E-state index is -0.138. The van der Waals surface area contributed by atoms with E-state index in [1.54, 1.807) is 17.0 Å². The van der Waals surface area contributed by atoms with Crippen molar-refractivity contribution in [3.8, 4) is 17.1 Å². The van der Waals surface area contributed by atoms with Gasteiger partial charge in [-0.3, -0.25) is 4.79 Å². The Morgan fingerprint density at radius 2 is 2.08 bits per heavy atom. The first kappa shape index (κ1) is 17.0. The molecule has 0 fully saturated rings. The second-order valence-electron chi connectivity index (χ2n) is 6.38. The van der Waals surface area contributed by atoms with Crippen molar-refractivity contribution in [1.82, 2.24) is 15.1 Å². The van der Waals surface area contributed by atoms with Crippen molar-refractivity contribution in [3.63, 3.8) is 0 Å². The van der Waals surface area contributed by atoms with Crippen LogP contribution in [0, 0.1) is 13.8 Å². The summed E-state index contributed by atoms with van der Waals surface area (Å²) in [5.41, 5.74) is 4.20. The number of carbonyl (C=O) groups is 1. The van der Waals surface area contributed by atoms with E-state index in [9.17, 15) is 4.79 Å². The van der Waals surface area contributed by atoms with Gasteiger partial charge in [0.15, 0.2) is 5.76 Å². The highest BCUT2D eigenvalue weighted by atomic mass is 16.3. The number of rotatable bonds is 5. The molecule has 2 aromatic heterocycles. The Labute approximate surface area is 147 Å². The van der Waals surface area contributed by atoms with Gasteiger partial charge < -0.3 is 9.73 Å². The third-order valence-corrected chi connectivity index (χ3v) is 4.30. The molecule has 1 atom stereocenters. The Balaban J connectivity index is 2.12. The third-order valence-electron chi connectivity index (χ3n) is 4.30. The maximum atomic E-state index is 12.8. The van der Waals surface area contributed by atoms with E-state index in [2.05, 4.69) is 16.5 Å². The molecule has 1 amide bonds. The fraction of sp³-hybridized carbons (Fsp3) is 0.300. The number of aryl methyl sites for hydroxylation is 2. The highest BCUT2D eigenvalue weighted by Crippen LogP contribution is 2.24. The SMILES string of the molecule is CC[C@H](C)NC(=O)c1cc(-c2ccco2)nn1-c1cc(C)ccc1C. The summed E-state index contributed by atoms with van der Waals surface area (Å²) in [4.78, 5) is 12.8. The van der Waals surface area contributed by atoms with E-state index in [1.165, 1.54) is 0 Å². The average molecular weight is 337 g/mol. The van der Waals surface area contributed by atoms with Crippen LogP contribution in [0.25, 0.3) is 17.1 Å². The van der Waals surface area contributed by atoms with Crippen molar-refractivity contribution in [3.05, 3.63) is 59.5 Å². The standard InChI is InChI=1S/C20H23N3O2/c1-5-15(4)21-20(24)18-12-16(19-7-6-10-25-19)22-23(18)17-11-13(2)8-9-14(17)3/h6-12,15H,5H2,1-4H3,(H,21,24)/t15-/m0/s1. The molecule has 2 heterocycles. The van der Waals surface area contributed by atoms with Crippen LogP contribution in [0.4, 0.5) is 0 Å². The topological polar surface area (TPSA) is 60.1 Å². The predicted octanol–water partition coefficient (Wildman–Crippen LogP) is 4.28. The zero-order valence-corrected chi connectivity index (χ0v) is 15.0. The summed E-state index contributed by atoms with van der Waals surface area (Å²) in [5.74, 6) is 0.502. The molecule has 5 heteroatoms. The molecule has 0 aliphatic heterocycles. The summed E-state index contributed by atoms with van der Waals surface area (Å²) in [7, 11) is 0. The Bertz CT molecular complexity index is 878. The van der Waals surface area contributed by atoms with E-state index in [0.29, 0.717) is 17.1 Å². The molecule has 0 saturated heterocycles. The van der Waals surface area contributed by atoms with Gasteiger partial charge >= 0.3 is 0 Å². The van der Waals surface area contributed by atoms with Crippen LogP contribution in [-0.4, -0.2) is 21.7 Å². The lowest BCUT2D eigenvalue weighted by molar-refractivity contribution is 0.0931. The number of amides is 1. The summed E-state index contributed by atoms with van der Waals surface area (Å²) < 4.78 is 7.16. The summed E-state index contributed by atoms with van der Waals surface area (Å²) in [6, 6.07) is 11.6. The minimum absolute atomic E-state index is 0.0986. The van der Waals surface area contributed by atoms with Crippen molar-refractivity contribution in [2.24, 2.45) is 0 Å². The van der Waals surface area contributed by atoms with Crippen LogP contribution in [0.1, 0.15) is 41.9 Å². The van der Waals surface area contributed by atoms with E-state index >= 15 is 0 Å². The monoisotopic (exact) mass is 337 g/mol. The van der Waals surface area contributed by atoms with E-state index in [4.69, 9.17) is 4.42 Å². The Morgan fingerprint density at radius 3 is 2.76 bits per heavy atom. The molecule has 1 N–H and O–H groups in total. The second-order valence-corrected chi connectivity index (χ2v) is 6.38. The fourth-order valence-electron chi connectivity index (χ4n) is 2.62. The highest BCUT2D eigenvalue weighted by Gasteiger charge is 2.20. The normalized spacial score (nSPS) is 12.2. The van der Waals surface area contributed by atoms with E-state index in [1.807, 2.05) is 52.0 Å². The zero-order valence-electron chi connectivity index (χ0n) is 15.0. The molecule has 5 nitrogen and oxygen atoms in total. The van der Waals surface area contributed by atoms with Gasteiger partial charge in [-0.05, 0) is 56.5 Å². The molecule has 0 radical (unpaired) electrons. The molecule has 3 rings (SSSR count). The molecule has 3 aromatic rings. The minimum Gasteiger partial charge on any atom is -0.463 e. The molecule has 0 saturated carbocycles. The summed E-state index contributed by atoms with van der Waals surface area (Å²) in [6.07, 6.45) is 2.47. The number of hydrogen-bond acceptors (Lipinski definition) is 3. The second kappa shape index (κ2) is 6.97. The molecule has 1 aromatic carbocycles. The maximum absolute atomic E-state index is 12.8. The van der Waals surface area contributed by atoms with Crippen molar-refractivity contribution in [2.75, 3.05) is 0 Å². The van der Waals surface area contributed by atoms with E-state index in [0.717, 1.165) is 23.2 Å². The Morgan fingerprint density at radius 1 is 1.28 bits per heavy atom. The lowest BCUT2D eigenvalue weighted by atomic mass is 10.1. The van der Waals surface area contributed by atoms with Gasteiger partial charge in [-0.1, -0.05) is 19.1 Å². The first-order chi connectivity index (χ1) is 12.0. The van der Waals surface area contributed by atoms with Gasteiger partial charge in [0.2, 0.25) is 0 Å². The molecule has 25 heavy (non-hydrogen) atoms. The first-order valence-corrected chi connectivity index (χ1v) is 8.52. The average Bonchev–Trinajstić information content (AvgIpc) is 3.25. The number of furan rings is 1. The van der Waals surface area contributed by atoms with Crippen molar-refractivity contribution in [2.45, 2.75) is 40.2 Å². The first-order valence-electron chi connectivity index (χ1n) is 8.52.